The van der Waals surface area contributed by atoms with Gasteiger partial charge < -0.3 is 0 Å². The van der Waals surface area contributed by atoms with Gasteiger partial charge >= 0.3 is 0 Å². The largest absolute Gasteiger partial charge is 0.207 e. The molecule has 0 aliphatic heterocycles. The van der Waals surface area contributed by atoms with Crippen LogP contribution >= 0.6 is 0 Å². The van der Waals surface area contributed by atoms with Crippen molar-refractivity contribution in [3.8, 4) is 11.8 Å². The van der Waals surface area contributed by atoms with Gasteiger partial charge in [0, 0.05) is 5.56 Å². The zero-order chi connectivity index (χ0) is 23.2. The van der Waals surface area contributed by atoms with Gasteiger partial charge in [-0.1, -0.05) is 55.5 Å². The van der Waals surface area contributed by atoms with Crippen LogP contribution in [-0.4, -0.2) is 0 Å². The van der Waals surface area contributed by atoms with Gasteiger partial charge in [-0.3, -0.25) is 0 Å². The Balaban J connectivity index is 1.43. The van der Waals surface area contributed by atoms with E-state index >= 15 is 0 Å². The number of hydrogen-bond donors (Lipinski definition) is 0. The summed E-state index contributed by atoms with van der Waals surface area (Å²) in [4.78, 5) is 0. The Kier molecular flexibility index (Phi) is 7.15. The number of halogens is 3. The van der Waals surface area contributed by atoms with Gasteiger partial charge in [0.05, 0.1) is 5.56 Å². The fraction of sp³-hybridized carbons (Fsp3) is 0.200. The van der Waals surface area contributed by atoms with E-state index in [1.54, 1.807) is 30.3 Å². The minimum atomic E-state index is -0.391. The number of rotatable bonds is 6. The molecule has 0 aliphatic carbocycles. The van der Waals surface area contributed by atoms with Gasteiger partial charge in [0.15, 0.2) is 0 Å². The van der Waals surface area contributed by atoms with Gasteiger partial charge in [-0.25, -0.2) is 13.2 Å². The molecule has 0 nitrogen and oxygen atoms in total. The Morgan fingerprint density at radius 1 is 0.636 bits per heavy atom. The van der Waals surface area contributed by atoms with Crippen molar-refractivity contribution in [2.75, 3.05) is 0 Å². The van der Waals surface area contributed by atoms with Crippen LogP contribution in [0.1, 0.15) is 47.6 Å². The van der Waals surface area contributed by atoms with Crippen molar-refractivity contribution in [3.05, 3.63) is 118 Å². The molecule has 0 saturated heterocycles. The van der Waals surface area contributed by atoms with E-state index in [1.165, 1.54) is 18.2 Å². The predicted octanol–water partition coefficient (Wildman–Crippen LogP) is 7.78. The molecule has 0 spiro atoms. The Morgan fingerprint density at radius 2 is 1.36 bits per heavy atom. The molecule has 0 fully saturated rings. The minimum Gasteiger partial charge on any atom is -0.207 e. The molecule has 0 heterocycles. The summed E-state index contributed by atoms with van der Waals surface area (Å²) in [6.45, 7) is 2.12. The molecular weight excluding hydrogens is 417 g/mol. The maximum absolute atomic E-state index is 14.6. The van der Waals surface area contributed by atoms with Crippen molar-refractivity contribution in [1.82, 2.24) is 0 Å². The molecule has 0 radical (unpaired) electrons. The molecule has 4 aromatic carbocycles. The smallest absolute Gasteiger partial charge is 0.139 e. The molecule has 0 unspecified atom stereocenters. The van der Waals surface area contributed by atoms with Crippen LogP contribution in [0.15, 0.2) is 72.8 Å². The minimum absolute atomic E-state index is 0.190. The predicted molar refractivity (Wildman–Crippen MR) is 129 cm³/mol. The fourth-order valence-corrected chi connectivity index (χ4v) is 3.86. The number of hydrogen-bond acceptors (Lipinski definition) is 0. The van der Waals surface area contributed by atoms with Crippen molar-refractivity contribution in [3.63, 3.8) is 0 Å². The summed E-state index contributed by atoms with van der Waals surface area (Å²) >= 11 is 0. The van der Waals surface area contributed by atoms with E-state index in [2.05, 4.69) is 18.8 Å². The van der Waals surface area contributed by atoms with Crippen LogP contribution in [0.3, 0.4) is 0 Å². The zero-order valence-electron chi connectivity index (χ0n) is 18.6. The van der Waals surface area contributed by atoms with E-state index in [0.717, 1.165) is 46.7 Å². The van der Waals surface area contributed by atoms with E-state index in [9.17, 15) is 13.2 Å². The lowest BCUT2D eigenvalue weighted by molar-refractivity contribution is 0.604. The van der Waals surface area contributed by atoms with E-state index < -0.39 is 5.82 Å². The van der Waals surface area contributed by atoms with Crippen LogP contribution in [0.4, 0.5) is 13.2 Å². The molecule has 0 atom stereocenters. The topological polar surface area (TPSA) is 0 Å². The molecule has 4 rings (SSSR count). The van der Waals surface area contributed by atoms with Gasteiger partial charge in [-0.15, -0.1) is 0 Å². The first-order valence-electron chi connectivity index (χ1n) is 11.3. The normalized spacial score (nSPS) is 10.8. The third-order valence-corrected chi connectivity index (χ3v) is 5.80. The summed E-state index contributed by atoms with van der Waals surface area (Å²) in [6, 6.07) is 20.5. The highest BCUT2D eigenvalue weighted by atomic mass is 19.1. The quantitative estimate of drug-likeness (QED) is 0.267. The van der Waals surface area contributed by atoms with Crippen LogP contribution in [0, 0.1) is 29.3 Å². The standard InChI is InChI=1S/C30H25F3/c1-2-3-4-21-5-10-24(29(32)18-21)12-7-23-8-13-25(30(33)19-23)11-6-22-9-14-27-20-28(31)16-15-26(27)17-22/h5,8-10,13-20H,2-4,7,12H2,1H3. The number of fused-ring (bicyclic) bond motifs is 1. The van der Waals surface area contributed by atoms with Crippen LogP contribution in [0.2, 0.25) is 0 Å². The average Bonchev–Trinajstić information content (AvgIpc) is 2.81. The SMILES string of the molecule is CCCCc1ccc(CCc2ccc(C#Cc3ccc4cc(F)ccc4c3)c(F)c2)c(F)c1. The van der Waals surface area contributed by atoms with Crippen LogP contribution in [-0.2, 0) is 19.3 Å². The summed E-state index contributed by atoms with van der Waals surface area (Å²) in [6.07, 6.45) is 4.09. The lowest BCUT2D eigenvalue weighted by Gasteiger charge is -2.07. The van der Waals surface area contributed by atoms with Crippen LogP contribution in [0.5, 0.6) is 0 Å². The van der Waals surface area contributed by atoms with E-state index in [0.29, 0.717) is 24.0 Å². The summed E-state index contributed by atoms with van der Waals surface area (Å²) in [5.41, 5.74) is 3.52. The van der Waals surface area contributed by atoms with E-state index in [4.69, 9.17) is 0 Å². The molecule has 0 amide bonds. The Bertz CT molecular complexity index is 1340. The maximum Gasteiger partial charge on any atom is 0.139 e. The van der Waals surface area contributed by atoms with Crippen molar-refractivity contribution in [2.45, 2.75) is 39.0 Å². The fourth-order valence-electron chi connectivity index (χ4n) is 3.86. The van der Waals surface area contributed by atoms with Gasteiger partial charge in [0.25, 0.3) is 0 Å². The molecule has 0 N–H and O–H groups in total. The molecule has 0 aliphatic rings. The van der Waals surface area contributed by atoms with E-state index in [-0.39, 0.29) is 11.6 Å². The second kappa shape index (κ2) is 10.4. The summed E-state index contributed by atoms with van der Waals surface area (Å²) < 4.78 is 42.3. The molecule has 0 aromatic heterocycles. The van der Waals surface area contributed by atoms with Crippen LogP contribution < -0.4 is 0 Å². The molecule has 4 aromatic rings. The van der Waals surface area contributed by atoms with Gasteiger partial charge in [-0.05, 0) is 95.6 Å². The molecule has 0 bridgehead atoms. The van der Waals surface area contributed by atoms with Gasteiger partial charge in [0.2, 0.25) is 0 Å². The average molecular weight is 443 g/mol. The summed E-state index contributed by atoms with van der Waals surface area (Å²) in [5.74, 6) is 5.00. The molecule has 0 saturated carbocycles. The van der Waals surface area contributed by atoms with Crippen LogP contribution in [0.25, 0.3) is 10.8 Å². The number of unbranched alkanes of at least 4 members (excludes halogenated alkanes) is 1. The first-order valence-corrected chi connectivity index (χ1v) is 11.3. The molecule has 33 heavy (non-hydrogen) atoms. The zero-order valence-corrected chi connectivity index (χ0v) is 18.6. The van der Waals surface area contributed by atoms with Gasteiger partial charge in [-0.2, -0.15) is 0 Å². The summed E-state index contributed by atoms with van der Waals surface area (Å²) in [7, 11) is 0. The Labute approximate surface area is 193 Å². The third kappa shape index (κ3) is 5.84. The molecular formula is C30H25F3. The third-order valence-electron chi connectivity index (χ3n) is 5.80. The lowest BCUT2D eigenvalue weighted by atomic mass is 10.00. The van der Waals surface area contributed by atoms with Crippen molar-refractivity contribution >= 4 is 10.8 Å². The first-order chi connectivity index (χ1) is 16.0. The van der Waals surface area contributed by atoms with Gasteiger partial charge in [0.1, 0.15) is 17.5 Å². The highest BCUT2D eigenvalue weighted by molar-refractivity contribution is 5.84. The monoisotopic (exact) mass is 442 g/mol. The lowest BCUT2D eigenvalue weighted by Crippen LogP contribution is -1.98. The highest BCUT2D eigenvalue weighted by Gasteiger charge is 2.07. The second-order valence-corrected chi connectivity index (χ2v) is 8.30. The highest BCUT2D eigenvalue weighted by Crippen LogP contribution is 2.19. The maximum atomic E-state index is 14.6. The summed E-state index contributed by atoms with van der Waals surface area (Å²) in [5, 5.41) is 1.67. The number of aryl methyl sites for hydroxylation is 3. The second-order valence-electron chi connectivity index (χ2n) is 8.30. The molecule has 3 heteroatoms. The van der Waals surface area contributed by atoms with Crippen molar-refractivity contribution in [1.29, 1.82) is 0 Å². The van der Waals surface area contributed by atoms with E-state index in [1.807, 2.05) is 24.3 Å². The first kappa shape index (κ1) is 22.7. The Morgan fingerprint density at radius 3 is 2.15 bits per heavy atom. The molecule has 166 valence electrons. The van der Waals surface area contributed by atoms with Crippen molar-refractivity contribution < 1.29 is 13.2 Å². The number of benzene rings is 4. The van der Waals surface area contributed by atoms with Crippen molar-refractivity contribution in [2.24, 2.45) is 0 Å². The Hall–Kier alpha value is -3.51.